The van der Waals surface area contributed by atoms with E-state index in [0.717, 1.165) is 0 Å². The van der Waals surface area contributed by atoms with Crippen LogP contribution in [0, 0.1) is 0 Å². The van der Waals surface area contributed by atoms with Crippen LogP contribution in [-0.4, -0.2) is 25.2 Å². The number of carbonyl (C=O) groups excluding carboxylic acids is 2. The minimum absolute atomic E-state index is 0.153. The molecule has 5 nitrogen and oxygen atoms in total. The molecule has 0 radical (unpaired) electrons. The fourth-order valence-corrected chi connectivity index (χ4v) is 1.66. The molecule has 2 aromatic rings. The first-order chi connectivity index (χ1) is 10.8. The van der Waals surface area contributed by atoms with Gasteiger partial charge in [0.2, 0.25) is 0 Å². The van der Waals surface area contributed by atoms with Crippen LogP contribution in [0.1, 0.15) is 27.1 Å². The molecule has 0 spiro atoms. The van der Waals surface area contributed by atoms with Crippen molar-refractivity contribution in [3.05, 3.63) is 71.8 Å². The molecule has 0 heterocycles. The largest absolute Gasteiger partial charge is 0.462 e. The lowest BCUT2D eigenvalue weighted by Crippen LogP contribution is -2.10. The highest BCUT2D eigenvalue weighted by atomic mass is 17.2. The monoisotopic (exact) mass is 300 g/mol. The van der Waals surface area contributed by atoms with Crippen molar-refractivity contribution in [3.8, 4) is 0 Å². The Bertz CT molecular complexity index is 539. The van der Waals surface area contributed by atoms with Gasteiger partial charge in [-0.1, -0.05) is 36.4 Å². The van der Waals surface area contributed by atoms with Crippen molar-refractivity contribution in [3.63, 3.8) is 0 Å². The highest BCUT2D eigenvalue weighted by Crippen LogP contribution is 2.03. The molecule has 0 aliphatic carbocycles. The standard InChI is InChI=1S/C17H16O5/c18-16(14-8-3-1-4-9-14)20-12-7-13-21-22-17(19)15-10-5-2-6-11-15/h1-6,8-11H,7,12-13H2. The average Bonchev–Trinajstić information content (AvgIpc) is 2.59. The Balaban J connectivity index is 1.58. The van der Waals surface area contributed by atoms with Gasteiger partial charge in [0.05, 0.1) is 24.3 Å². The summed E-state index contributed by atoms with van der Waals surface area (Å²) in [5.74, 6) is -0.941. The van der Waals surface area contributed by atoms with E-state index in [1.807, 2.05) is 6.07 Å². The van der Waals surface area contributed by atoms with Gasteiger partial charge in [-0.15, -0.1) is 0 Å². The van der Waals surface area contributed by atoms with Crippen molar-refractivity contribution in [2.45, 2.75) is 6.42 Å². The van der Waals surface area contributed by atoms with Crippen molar-refractivity contribution < 1.29 is 24.1 Å². The summed E-state index contributed by atoms with van der Waals surface area (Å²) in [7, 11) is 0. The van der Waals surface area contributed by atoms with Gasteiger partial charge in [0, 0.05) is 6.42 Å². The van der Waals surface area contributed by atoms with Gasteiger partial charge < -0.3 is 4.74 Å². The third-order valence-electron chi connectivity index (χ3n) is 2.76. The van der Waals surface area contributed by atoms with E-state index >= 15 is 0 Å². The normalized spacial score (nSPS) is 10.0. The molecule has 114 valence electrons. The third kappa shape index (κ3) is 5.03. The Kier molecular flexibility index (Phi) is 6.14. The van der Waals surface area contributed by atoms with E-state index in [9.17, 15) is 9.59 Å². The molecule has 0 atom stereocenters. The summed E-state index contributed by atoms with van der Waals surface area (Å²) in [5, 5.41) is 0. The van der Waals surface area contributed by atoms with Crippen LogP contribution >= 0.6 is 0 Å². The first-order valence-corrected chi connectivity index (χ1v) is 6.88. The lowest BCUT2D eigenvalue weighted by atomic mass is 10.2. The fourth-order valence-electron chi connectivity index (χ4n) is 1.66. The second-order valence-corrected chi connectivity index (χ2v) is 4.41. The average molecular weight is 300 g/mol. The molecule has 0 bridgehead atoms. The fraction of sp³-hybridized carbons (Fsp3) is 0.176. The zero-order valence-corrected chi connectivity index (χ0v) is 11.9. The summed E-state index contributed by atoms with van der Waals surface area (Å²) in [5.41, 5.74) is 0.914. The van der Waals surface area contributed by atoms with Gasteiger partial charge in [0.15, 0.2) is 0 Å². The quantitative estimate of drug-likeness (QED) is 0.340. The maximum atomic E-state index is 11.6. The highest BCUT2D eigenvalue weighted by Gasteiger charge is 2.08. The molecule has 0 N–H and O–H groups in total. The van der Waals surface area contributed by atoms with E-state index in [1.54, 1.807) is 54.6 Å². The van der Waals surface area contributed by atoms with Gasteiger partial charge in [-0.2, -0.15) is 4.89 Å². The van der Waals surface area contributed by atoms with Crippen molar-refractivity contribution in [1.29, 1.82) is 0 Å². The summed E-state index contributed by atoms with van der Waals surface area (Å²) in [6.45, 7) is 0.345. The van der Waals surface area contributed by atoms with Crippen LogP contribution in [0.25, 0.3) is 0 Å². The van der Waals surface area contributed by atoms with Gasteiger partial charge in [-0.25, -0.2) is 9.59 Å². The van der Waals surface area contributed by atoms with Gasteiger partial charge >= 0.3 is 11.9 Å². The second-order valence-electron chi connectivity index (χ2n) is 4.41. The highest BCUT2D eigenvalue weighted by molar-refractivity contribution is 5.89. The van der Waals surface area contributed by atoms with Crippen LogP contribution in [0.2, 0.25) is 0 Å². The molecule has 0 amide bonds. The van der Waals surface area contributed by atoms with Crippen LogP contribution in [0.15, 0.2) is 60.7 Å². The molecule has 0 fully saturated rings. The SMILES string of the molecule is O=C(OCCCOOC(=O)c1ccccc1)c1ccccc1. The molecule has 5 heteroatoms. The summed E-state index contributed by atoms with van der Waals surface area (Å²) < 4.78 is 5.06. The summed E-state index contributed by atoms with van der Waals surface area (Å²) in [6, 6.07) is 17.3. The zero-order valence-electron chi connectivity index (χ0n) is 11.9. The van der Waals surface area contributed by atoms with Gasteiger partial charge in [0.25, 0.3) is 0 Å². The molecular formula is C17H16O5. The third-order valence-corrected chi connectivity index (χ3v) is 2.76. The topological polar surface area (TPSA) is 61.8 Å². The zero-order chi connectivity index (χ0) is 15.6. The molecule has 0 saturated heterocycles. The van der Waals surface area contributed by atoms with Crippen molar-refractivity contribution >= 4 is 11.9 Å². The Morgan fingerprint density at radius 1 is 0.727 bits per heavy atom. The molecule has 0 saturated carbocycles. The molecule has 0 unspecified atom stereocenters. The van der Waals surface area contributed by atoms with Crippen molar-refractivity contribution in [2.75, 3.05) is 13.2 Å². The molecule has 0 aliphatic heterocycles. The number of benzene rings is 2. The van der Waals surface area contributed by atoms with Crippen molar-refractivity contribution in [1.82, 2.24) is 0 Å². The molecule has 2 aromatic carbocycles. The smallest absolute Gasteiger partial charge is 0.373 e. The van der Waals surface area contributed by atoms with E-state index in [2.05, 4.69) is 4.89 Å². The van der Waals surface area contributed by atoms with Crippen LogP contribution in [0.3, 0.4) is 0 Å². The first kappa shape index (κ1) is 15.7. The molecule has 0 aromatic heterocycles. The number of esters is 1. The van der Waals surface area contributed by atoms with E-state index in [1.165, 1.54) is 0 Å². The van der Waals surface area contributed by atoms with Crippen LogP contribution in [0.5, 0.6) is 0 Å². The van der Waals surface area contributed by atoms with Gasteiger partial charge in [0.1, 0.15) is 0 Å². The predicted octanol–water partition coefficient (Wildman–Crippen LogP) is 3.02. The molecular weight excluding hydrogens is 284 g/mol. The molecule has 2 rings (SSSR count). The van der Waals surface area contributed by atoms with Crippen LogP contribution in [-0.2, 0) is 14.5 Å². The minimum atomic E-state index is -0.554. The van der Waals surface area contributed by atoms with Crippen molar-refractivity contribution in [2.24, 2.45) is 0 Å². The second kappa shape index (κ2) is 8.59. The Morgan fingerprint density at radius 2 is 1.27 bits per heavy atom. The summed E-state index contributed by atoms with van der Waals surface area (Å²) in [4.78, 5) is 32.6. The van der Waals surface area contributed by atoms with E-state index in [-0.39, 0.29) is 19.2 Å². The number of hydrogen-bond donors (Lipinski definition) is 0. The van der Waals surface area contributed by atoms with E-state index < -0.39 is 5.97 Å². The number of hydrogen-bond acceptors (Lipinski definition) is 5. The first-order valence-electron chi connectivity index (χ1n) is 6.88. The minimum Gasteiger partial charge on any atom is -0.462 e. The number of carbonyl (C=O) groups is 2. The maximum absolute atomic E-state index is 11.6. The van der Waals surface area contributed by atoms with E-state index in [4.69, 9.17) is 9.62 Å². The van der Waals surface area contributed by atoms with Crippen LogP contribution < -0.4 is 0 Å². The molecule has 0 aliphatic rings. The number of rotatable bonds is 7. The lowest BCUT2D eigenvalue weighted by Gasteiger charge is -2.05. The maximum Gasteiger partial charge on any atom is 0.373 e. The Morgan fingerprint density at radius 3 is 1.86 bits per heavy atom. The van der Waals surface area contributed by atoms with Gasteiger partial charge in [-0.3, -0.25) is 4.89 Å². The Labute approximate surface area is 128 Å². The van der Waals surface area contributed by atoms with Gasteiger partial charge in [-0.05, 0) is 24.3 Å². The summed E-state index contributed by atoms with van der Waals surface area (Å²) >= 11 is 0. The number of ether oxygens (including phenoxy) is 1. The van der Waals surface area contributed by atoms with E-state index in [0.29, 0.717) is 17.5 Å². The predicted molar refractivity (Wildman–Crippen MR) is 79.2 cm³/mol. The van der Waals surface area contributed by atoms with Crippen LogP contribution in [0.4, 0.5) is 0 Å². The Hall–Kier alpha value is -2.66. The molecule has 22 heavy (non-hydrogen) atoms. The lowest BCUT2D eigenvalue weighted by molar-refractivity contribution is -0.242. The summed E-state index contributed by atoms with van der Waals surface area (Å²) in [6.07, 6.45) is 0.431.